The lowest BCUT2D eigenvalue weighted by atomic mass is 9.73. The second-order valence-corrected chi connectivity index (χ2v) is 14.0. The van der Waals surface area contributed by atoms with Crippen LogP contribution in [0.1, 0.15) is 104 Å². The number of rotatable bonds is 6. The van der Waals surface area contributed by atoms with E-state index in [1.807, 2.05) is 0 Å². The highest BCUT2D eigenvalue weighted by molar-refractivity contribution is 6.17. The molecule has 2 aliphatic rings. The van der Waals surface area contributed by atoms with Crippen LogP contribution >= 0.6 is 0 Å². The second kappa shape index (κ2) is 12.1. The summed E-state index contributed by atoms with van der Waals surface area (Å²) in [6, 6.07) is 11.3. The standard InChI is InChI=1S/C38H53N2O/c1-13-25(6)20-26(7)36-31-21-32(38(9,10)11)28-16-14-15-17-29(28)35(31)30-18-19-41-34(24(4)5)22-33(23(2)3)40(12)27(8)37(30)39-36/h14-17,21-25,30,37H,7-8,13,18-20H2,1-6,9-12H3/q+1/b34-22-,40-33?/t25-,30?,37?/m1/s1. The Kier molecular flexibility index (Phi) is 9.16. The van der Waals surface area contributed by atoms with Crippen LogP contribution in [0.2, 0.25) is 0 Å². The summed E-state index contributed by atoms with van der Waals surface area (Å²) in [7, 11) is 2.16. The van der Waals surface area contributed by atoms with E-state index in [4.69, 9.17) is 16.3 Å². The van der Waals surface area contributed by atoms with Gasteiger partial charge in [0.15, 0.2) is 11.4 Å². The maximum atomic E-state index is 6.56. The van der Waals surface area contributed by atoms with Crippen molar-refractivity contribution in [2.45, 2.75) is 99.0 Å². The molecule has 0 aliphatic carbocycles. The van der Waals surface area contributed by atoms with E-state index in [-0.39, 0.29) is 17.4 Å². The molecule has 3 nitrogen and oxygen atoms in total. The van der Waals surface area contributed by atoms with Crippen molar-refractivity contribution in [1.82, 2.24) is 0 Å². The average molecular weight is 554 g/mol. The Morgan fingerprint density at radius 3 is 2.32 bits per heavy atom. The van der Waals surface area contributed by atoms with Crippen LogP contribution in [0.3, 0.4) is 0 Å². The fourth-order valence-electron chi connectivity index (χ4n) is 6.46. The van der Waals surface area contributed by atoms with E-state index in [9.17, 15) is 0 Å². The Hall–Kier alpha value is -2.94. The molecule has 0 bridgehead atoms. The maximum Gasteiger partial charge on any atom is 0.199 e. The molecule has 2 aromatic rings. The Bertz CT molecular complexity index is 1430. The monoisotopic (exact) mass is 553 g/mol. The van der Waals surface area contributed by atoms with E-state index >= 15 is 0 Å². The van der Waals surface area contributed by atoms with Gasteiger partial charge < -0.3 is 4.74 Å². The summed E-state index contributed by atoms with van der Waals surface area (Å²) >= 11 is 0. The predicted octanol–water partition coefficient (Wildman–Crippen LogP) is 9.60. The molecular formula is C38H53N2O+. The fourth-order valence-corrected chi connectivity index (χ4v) is 6.46. The molecule has 0 amide bonds. The number of hydrogen-bond acceptors (Lipinski definition) is 2. The molecule has 2 unspecified atom stereocenters. The SMILES string of the molecule is C=C(C[C@H](C)CC)C1=NC2C(=C)[N+](C)=C(C(C)C)/C=C(/C(C)C)OCCC2c2c1cc(C(C)(C)C)c1ccccc21. The number of benzene rings is 2. The Balaban J connectivity index is 2.05. The largest absolute Gasteiger partial charge is 0.497 e. The van der Waals surface area contributed by atoms with Gasteiger partial charge in [0.25, 0.3) is 0 Å². The number of ether oxygens (including phenoxy) is 1. The van der Waals surface area contributed by atoms with Crippen molar-refractivity contribution in [1.29, 1.82) is 0 Å². The van der Waals surface area contributed by atoms with Gasteiger partial charge in [0.05, 0.1) is 12.3 Å². The molecule has 4 rings (SSSR count). The van der Waals surface area contributed by atoms with Crippen molar-refractivity contribution in [3.63, 3.8) is 0 Å². The smallest absolute Gasteiger partial charge is 0.199 e. The number of likely N-dealkylation sites (N-methyl/N-ethyl adjacent to an activating group) is 1. The van der Waals surface area contributed by atoms with Crippen LogP contribution in [0.5, 0.6) is 0 Å². The summed E-state index contributed by atoms with van der Waals surface area (Å²) in [6.07, 6.45) is 5.19. The average Bonchev–Trinajstić information content (AvgIpc) is 2.91. The zero-order valence-electron chi connectivity index (χ0n) is 27.4. The number of hydrogen-bond donors (Lipinski definition) is 0. The zero-order chi connectivity index (χ0) is 30.2. The van der Waals surface area contributed by atoms with E-state index in [2.05, 4.69) is 117 Å². The molecule has 0 aromatic heterocycles. The third kappa shape index (κ3) is 6.15. The summed E-state index contributed by atoms with van der Waals surface area (Å²) in [4.78, 5) is 5.60. The van der Waals surface area contributed by atoms with Crippen molar-refractivity contribution < 1.29 is 9.31 Å². The molecule has 0 saturated heterocycles. The lowest BCUT2D eigenvalue weighted by Crippen LogP contribution is -2.35. The quantitative estimate of drug-likeness (QED) is 0.327. The van der Waals surface area contributed by atoms with Crippen molar-refractivity contribution in [2.24, 2.45) is 22.7 Å². The number of nitrogens with zero attached hydrogens (tertiary/aromatic N) is 2. The van der Waals surface area contributed by atoms with Gasteiger partial charge in [-0.05, 0) is 64.3 Å². The molecule has 0 saturated carbocycles. The van der Waals surface area contributed by atoms with Crippen LogP contribution in [0.25, 0.3) is 10.8 Å². The summed E-state index contributed by atoms with van der Waals surface area (Å²) in [5.74, 6) is 2.38. The zero-order valence-corrected chi connectivity index (χ0v) is 27.4. The van der Waals surface area contributed by atoms with E-state index in [1.54, 1.807) is 0 Å². The number of fused-ring (bicyclic) bond motifs is 5. The van der Waals surface area contributed by atoms with Crippen LogP contribution in [-0.2, 0) is 10.2 Å². The molecule has 0 radical (unpaired) electrons. The van der Waals surface area contributed by atoms with E-state index in [0.29, 0.717) is 24.4 Å². The van der Waals surface area contributed by atoms with E-state index < -0.39 is 0 Å². The highest BCUT2D eigenvalue weighted by Crippen LogP contribution is 2.45. The van der Waals surface area contributed by atoms with E-state index in [0.717, 1.165) is 42.0 Å². The Labute approximate surface area is 249 Å². The second-order valence-electron chi connectivity index (χ2n) is 14.0. The molecule has 41 heavy (non-hydrogen) atoms. The maximum absolute atomic E-state index is 6.56. The van der Waals surface area contributed by atoms with Gasteiger partial charge >= 0.3 is 0 Å². The van der Waals surface area contributed by atoms with Crippen molar-refractivity contribution >= 4 is 22.2 Å². The summed E-state index contributed by atoms with van der Waals surface area (Å²) in [6.45, 7) is 30.5. The minimum atomic E-state index is -0.0913. The van der Waals surface area contributed by atoms with Crippen LogP contribution in [0.15, 0.2) is 71.6 Å². The number of aliphatic imine (C=N–C) groups is 1. The molecule has 0 spiro atoms. The molecule has 0 fully saturated rings. The first-order chi connectivity index (χ1) is 19.3. The van der Waals surface area contributed by atoms with Gasteiger partial charge in [-0.2, -0.15) is 0 Å². The first-order valence-corrected chi connectivity index (χ1v) is 15.7. The van der Waals surface area contributed by atoms with Gasteiger partial charge in [-0.3, -0.25) is 4.99 Å². The molecule has 0 N–H and O–H groups in total. The van der Waals surface area contributed by atoms with Gasteiger partial charge in [0, 0.05) is 29.4 Å². The third-order valence-electron chi connectivity index (χ3n) is 9.10. The first-order valence-electron chi connectivity index (χ1n) is 15.7. The third-order valence-corrected chi connectivity index (χ3v) is 9.10. The minimum absolute atomic E-state index is 0.00399. The minimum Gasteiger partial charge on any atom is -0.497 e. The van der Waals surface area contributed by atoms with Crippen LogP contribution < -0.4 is 0 Å². The van der Waals surface area contributed by atoms with Crippen LogP contribution in [-0.4, -0.2) is 35.7 Å². The summed E-state index contributed by atoms with van der Waals surface area (Å²) in [5, 5.41) is 2.66. The van der Waals surface area contributed by atoms with Crippen LogP contribution in [0, 0.1) is 17.8 Å². The lowest BCUT2D eigenvalue weighted by Gasteiger charge is -2.36. The predicted molar refractivity (Wildman–Crippen MR) is 178 cm³/mol. The van der Waals surface area contributed by atoms with Gasteiger partial charge in [0.2, 0.25) is 0 Å². The fraction of sp³-hybridized carbons (Fsp3) is 0.526. The number of allylic oxidation sites excluding steroid dienone is 3. The molecule has 3 atom stereocenters. The van der Waals surface area contributed by atoms with Crippen molar-refractivity contribution in [2.75, 3.05) is 13.7 Å². The Morgan fingerprint density at radius 2 is 1.73 bits per heavy atom. The highest BCUT2D eigenvalue weighted by Gasteiger charge is 2.40. The van der Waals surface area contributed by atoms with E-state index in [1.165, 1.54) is 33.2 Å². The highest BCUT2D eigenvalue weighted by atomic mass is 16.5. The van der Waals surface area contributed by atoms with Crippen molar-refractivity contribution in [3.05, 3.63) is 83.3 Å². The normalized spacial score (nSPS) is 22.1. The van der Waals surface area contributed by atoms with Gasteiger partial charge in [-0.15, -0.1) is 0 Å². The Morgan fingerprint density at radius 1 is 1.07 bits per heavy atom. The molecule has 3 heteroatoms. The van der Waals surface area contributed by atoms with Crippen LogP contribution in [0.4, 0.5) is 0 Å². The summed E-state index contributed by atoms with van der Waals surface area (Å²) < 4.78 is 8.84. The molecule has 2 aromatic carbocycles. The first kappa shape index (κ1) is 31.0. The summed E-state index contributed by atoms with van der Waals surface area (Å²) in [5.41, 5.74) is 8.45. The molecular weight excluding hydrogens is 500 g/mol. The molecule has 220 valence electrons. The lowest BCUT2D eigenvalue weighted by molar-refractivity contribution is -0.449. The molecule has 2 heterocycles. The van der Waals surface area contributed by atoms with Gasteiger partial charge in [0.1, 0.15) is 18.8 Å². The molecule has 2 aliphatic heterocycles. The van der Waals surface area contributed by atoms with Gasteiger partial charge in [-0.1, -0.05) is 99.6 Å². The topological polar surface area (TPSA) is 24.6 Å². The van der Waals surface area contributed by atoms with Crippen molar-refractivity contribution in [3.8, 4) is 0 Å². The van der Waals surface area contributed by atoms with Gasteiger partial charge in [-0.25, -0.2) is 4.58 Å².